The van der Waals surface area contributed by atoms with Crippen LogP contribution in [0.5, 0.6) is 0 Å². The van der Waals surface area contributed by atoms with Crippen LogP contribution in [0, 0.1) is 5.41 Å². The zero-order valence-corrected chi connectivity index (χ0v) is 12.8. The third kappa shape index (κ3) is 3.39. The van der Waals surface area contributed by atoms with Gasteiger partial charge in [-0.2, -0.15) is 0 Å². The number of nitrogens with two attached hydrogens (primary N) is 1. The number of benzene rings is 1. The van der Waals surface area contributed by atoms with Crippen LogP contribution in [0.2, 0.25) is 0 Å². The summed E-state index contributed by atoms with van der Waals surface area (Å²) in [7, 11) is 0. The summed E-state index contributed by atoms with van der Waals surface area (Å²) in [6.07, 6.45) is 8.06. The fourth-order valence-corrected chi connectivity index (χ4v) is 3.08. The molecule has 0 aliphatic heterocycles. The van der Waals surface area contributed by atoms with Gasteiger partial charge in [0.25, 0.3) is 0 Å². The molecule has 1 fully saturated rings. The van der Waals surface area contributed by atoms with E-state index >= 15 is 0 Å². The molecule has 1 aliphatic carbocycles. The van der Waals surface area contributed by atoms with E-state index in [1.807, 2.05) is 0 Å². The molecule has 106 valence electrons. The van der Waals surface area contributed by atoms with E-state index in [4.69, 9.17) is 5.73 Å². The predicted molar refractivity (Wildman–Crippen MR) is 83.3 cm³/mol. The molecule has 19 heavy (non-hydrogen) atoms. The molecule has 0 aromatic heterocycles. The topological polar surface area (TPSA) is 26.0 Å². The molecule has 0 heterocycles. The average molecular weight is 259 g/mol. The van der Waals surface area contributed by atoms with Crippen molar-refractivity contribution in [2.45, 2.75) is 71.3 Å². The Kier molecular flexibility index (Phi) is 4.67. The zero-order valence-electron chi connectivity index (χ0n) is 12.8. The summed E-state index contributed by atoms with van der Waals surface area (Å²) < 4.78 is 0. The zero-order chi connectivity index (χ0) is 13.9. The van der Waals surface area contributed by atoms with Crippen molar-refractivity contribution in [3.63, 3.8) is 0 Å². The van der Waals surface area contributed by atoms with Crippen LogP contribution in [0.25, 0.3) is 0 Å². The normalized spacial score (nSPS) is 19.4. The minimum Gasteiger partial charge on any atom is -0.324 e. The molecule has 1 aromatic rings. The van der Waals surface area contributed by atoms with Crippen LogP contribution < -0.4 is 5.73 Å². The molecule has 2 N–H and O–H groups in total. The molecule has 0 spiro atoms. The maximum absolute atomic E-state index is 6.41. The number of hydrogen-bond donors (Lipinski definition) is 1. The Bertz CT molecular complexity index is 385. The van der Waals surface area contributed by atoms with Crippen LogP contribution in [0.4, 0.5) is 0 Å². The van der Waals surface area contributed by atoms with Gasteiger partial charge in [-0.1, -0.05) is 64.3 Å². The van der Waals surface area contributed by atoms with Crippen molar-refractivity contribution < 1.29 is 0 Å². The van der Waals surface area contributed by atoms with Crippen LogP contribution in [0.15, 0.2) is 24.3 Å². The van der Waals surface area contributed by atoms with Gasteiger partial charge in [0.2, 0.25) is 0 Å². The van der Waals surface area contributed by atoms with E-state index in [-0.39, 0.29) is 11.5 Å². The van der Waals surface area contributed by atoms with Gasteiger partial charge in [-0.3, -0.25) is 0 Å². The lowest BCUT2D eigenvalue weighted by molar-refractivity contribution is 0.278. The highest BCUT2D eigenvalue weighted by Crippen LogP contribution is 2.36. The molecule has 0 amide bonds. The Morgan fingerprint density at radius 2 is 1.68 bits per heavy atom. The lowest BCUT2D eigenvalue weighted by Gasteiger charge is -2.31. The van der Waals surface area contributed by atoms with E-state index in [9.17, 15) is 0 Å². The van der Waals surface area contributed by atoms with Gasteiger partial charge in [0.05, 0.1) is 0 Å². The second-order valence-electron chi connectivity index (χ2n) is 6.82. The molecule has 1 aromatic carbocycles. The van der Waals surface area contributed by atoms with Gasteiger partial charge in [0.15, 0.2) is 0 Å². The minimum absolute atomic E-state index is 0.137. The highest BCUT2D eigenvalue weighted by molar-refractivity contribution is 5.28. The molecule has 1 unspecified atom stereocenters. The summed E-state index contributed by atoms with van der Waals surface area (Å²) in [5.41, 5.74) is 9.39. The molecule has 1 nitrogen and oxygen atoms in total. The molecule has 0 radical (unpaired) electrons. The Balaban J connectivity index is 2.09. The van der Waals surface area contributed by atoms with Crippen molar-refractivity contribution in [1.29, 1.82) is 0 Å². The summed E-state index contributed by atoms with van der Waals surface area (Å²) in [6, 6.07) is 9.28. The maximum Gasteiger partial charge on any atom is 0.0346 e. The third-order valence-corrected chi connectivity index (χ3v) is 5.13. The van der Waals surface area contributed by atoms with E-state index in [0.717, 1.165) is 12.3 Å². The maximum atomic E-state index is 6.41. The average Bonchev–Trinajstić information content (AvgIpc) is 2.47. The summed E-state index contributed by atoms with van der Waals surface area (Å²) in [5, 5.41) is 0. The summed E-state index contributed by atoms with van der Waals surface area (Å²) >= 11 is 0. The number of hydrogen-bond acceptors (Lipinski definition) is 1. The van der Waals surface area contributed by atoms with Gasteiger partial charge < -0.3 is 5.73 Å². The Morgan fingerprint density at radius 1 is 1.11 bits per heavy atom. The first-order valence-corrected chi connectivity index (χ1v) is 7.90. The Morgan fingerprint density at radius 3 is 2.21 bits per heavy atom. The highest BCUT2D eigenvalue weighted by atomic mass is 14.7. The molecular formula is C18H29N. The van der Waals surface area contributed by atoms with Crippen molar-refractivity contribution in [3.05, 3.63) is 35.4 Å². The van der Waals surface area contributed by atoms with Gasteiger partial charge in [-0.25, -0.2) is 0 Å². The minimum atomic E-state index is 0.137. The van der Waals surface area contributed by atoms with Crippen LogP contribution in [0.1, 0.15) is 82.4 Å². The van der Waals surface area contributed by atoms with Crippen molar-refractivity contribution in [1.82, 2.24) is 0 Å². The fourth-order valence-electron chi connectivity index (χ4n) is 3.08. The molecular weight excluding hydrogens is 230 g/mol. The first-order valence-electron chi connectivity index (χ1n) is 7.90. The van der Waals surface area contributed by atoms with E-state index < -0.39 is 0 Å². The SMILES string of the molecule is CCC(C)(C)C(N)c1ccc(C2CCCCC2)cc1. The quantitative estimate of drug-likeness (QED) is 0.793. The van der Waals surface area contributed by atoms with E-state index in [1.54, 1.807) is 0 Å². The molecule has 1 aliphatic rings. The van der Waals surface area contributed by atoms with Crippen molar-refractivity contribution in [3.8, 4) is 0 Å². The van der Waals surface area contributed by atoms with Crippen LogP contribution in [-0.2, 0) is 0 Å². The van der Waals surface area contributed by atoms with Crippen molar-refractivity contribution >= 4 is 0 Å². The van der Waals surface area contributed by atoms with Crippen molar-refractivity contribution in [2.24, 2.45) is 11.1 Å². The second kappa shape index (κ2) is 6.09. The van der Waals surface area contributed by atoms with Gasteiger partial charge in [0.1, 0.15) is 0 Å². The summed E-state index contributed by atoms with van der Waals surface area (Å²) in [4.78, 5) is 0. The van der Waals surface area contributed by atoms with Gasteiger partial charge in [-0.15, -0.1) is 0 Å². The van der Waals surface area contributed by atoms with Crippen LogP contribution >= 0.6 is 0 Å². The second-order valence-corrected chi connectivity index (χ2v) is 6.82. The molecule has 1 heteroatoms. The largest absolute Gasteiger partial charge is 0.324 e. The molecule has 2 rings (SSSR count). The summed E-state index contributed by atoms with van der Waals surface area (Å²) in [6.45, 7) is 6.73. The molecule has 1 saturated carbocycles. The van der Waals surface area contributed by atoms with Gasteiger partial charge in [0, 0.05) is 6.04 Å². The molecule has 0 bridgehead atoms. The fraction of sp³-hybridized carbons (Fsp3) is 0.667. The molecule has 0 saturated heterocycles. The van der Waals surface area contributed by atoms with E-state index in [1.165, 1.54) is 43.2 Å². The van der Waals surface area contributed by atoms with E-state index in [0.29, 0.717) is 0 Å². The van der Waals surface area contributed by atoms with E-state index in [2.05, 4.69) is 45.0 Å². The smallest absolute Gasteiger partial charge is 0.0346 e. The third-order valence-electron chi connectivity index (χ3n) is 5.13. The standard InChI is InChI=1S/C18H29N/c1-4-18(2,3)17(19)16-12-10-15(11-13-16)14-8-6-5-7-9-14/h10-14,17H,4-9,19H2,1-3H3. The Labute approximate surface area is 118 Å². The first-order chi connectivity index (χ1) is 9.04. The summed E-state index contributed by atoms with van der Waals surface area (Å²) in [5.74, 6) is 0.790. The Hall–Kier alpha value is -0.820. The highest BCUT2D eigenvalue weighted by Gasteiger charge is 2.25. The number of rotatable bonds is 4. The van der Waals surface area contributed by atoms with Crippen LogP contribution in [0.3, 0.4) is 0 Å². The first kappa shape index (κ1) is 14.6. The van der Waals surface area contributed by atoms with Crippen LogP contribution in [-0.4, -0.2) is 0 Å². The lowest BCUT2D eigenvalue weighted by atomic mass is 9.78. The molecule has 1 atom stereocenters. The monoisotopic (exact) mass is 259 g/mol. The van der Waals surface area contributed by atoms with Gasteiger partial charge >= 0.3 is 0 Å². The predicted octanol–water partition coefficient (Wildman–Crippen LogP) is 5.17. The lowest BCUT2D eigenvalue weighted by Crippen LogP contribution is -2.28. The van der Waals surface area contributed by atoms with Crippen molar-refractivity contribution in [2.75, 3.05) is 0 Å². The van der Waals surface area contributed by atoms with Gasteiger partial charge in [-0.05, 0) is 41.7 Å².